The van der Waals surface area contributed by atoms with E-state index in [1.807, 2.05) is 0 Å². The Morgan fingerprint density at radius 3 is 2.65 bits per heavy atom. The molecule has 3 nitrogen and oxygen atoms in total. The van der Waals surface area contributed by atoms with Crippen LogP contribution >= 0.6 is 0 Å². The normalized spacial score (nSPS) is 26.4. The molecule has 2 atom stereocenters. The van der Waals surface area contributed by atoms with Gasteiger partial charge in [-0.15, -0.1) is 0 Å². The number of rotatable bonds is 6. The molecule has 110 valence electrons. The van der Waals surface area contributed by atoms with Crippen LogP contribution in [0.5, 0.6) is 0 Å². The van der Waals surface area contributed by atoms with Crippen LogP contribution in [0, 0.1) is 0 Å². The molecule has 1 heterocycles. The Labute approximate surface area is 122 Å². The van der Waals surface area contributed by atoms with Gasteiger partial charge in [0.05, 0.1) is 12.7 Å². The van der Waals surface area contributed by atoms with E-state index >= 15 is 0 Å². The first-order chi connectivity index (χ1) is 9.74. The first-order valence-corrected chi connectivity index (χ1v) is 7.82. The van der Waals surface area contributed by atoms with Gasteiger partial charge in [0.15, 0.2) is 0 Å². The van der Waals surface area contributed by atoms with Crippen molar-refractivity contribution in [1.29, 1.82) is 0 Å². The molecule has 1 aliphatic heterocycles. The number of ether oxygens (including phenoxy) is 1. The van der Waals surface area contributed by atoms with Gasteiger partial charge in [-0.1, -0.05) is 24.3 Å². The van der Waals surface area contributed by atoms with Crippen LogP contribution in [-0.2, 0) is 4.74 Å². The smallest absolute Gasteiger partial charge is 0.0718 e. The Morgan fingerprint density at radius 2 is 1.95 bits per heavy atom. The second-order valence-electron chi connectivity index (χ2n) is 6.40. The molecule has 3 rings (SSSR count). The van der Waals surface area contributed by atoms with E-state index in [4.69, 9.17) is 4.74 Å². The highest BCUT2D eigenvalue weighted by molar-refractivity contribution is 5.36. The molecule has 1 N–H and O–H groups in total. The van der Waals surface area contributed by atoms with Gasteiger partial charge in [-0.3, -0.25) is 0 Å². The van der Waals surface area contributed by atoms with Crippen molar-refractivity contribution in [1.82, 2.24) is 10.2 Å². The Kier molecular flexibility index (Phi) is 4.39. The molecule has 0 amide bonds. The average Bonchev–Trinajstić information content (AvgIpc) is 3.18. The summed E-state index contributed by atoms with van der Waals surface area (Å²) in [7, 11) is 4.18. The zero-order chi connectivity index (χ0) is 13.9. The van der Waals surface area contributed by atoms with Crippen LogP contribution in [0.2, 0.25) is 0 Å². The van der Waals surface area contributed by atoms with Crippen molar-refractivity contribution in [2.45, 2.75) is 37.3 Å². The third kappa shape index (κ3) is 3.40. The Morgan fingerprint density at radius 1 is 1.20 bits per heavy atom. The van der Waals surface area contributed by atoms with Crippen LogP contribution in [0.3, 0.4) is 0 Å². The number of nitrogens with zero attached hydrogens (tertiary/aromatic N) is 1. The monoisotopic (exact) mass is 274 g/mol. The topological polar surface area (TPSA) is 24.5 Å². The minimum Gasteiger partial charge on any atom is -0.375 e. The SMILES string of the molecule is CN(C)CCOC1CNC(c2ccccc2C2CC2)C1. The molecule has 1 saturated carbocycles. The van der Waals surface area contributed by atoms with E-state index in [9.17, 15) is 0 Å². The van der Waals surface area contributed by atoms with Gasteiger partial charge in [0.25, 0.3) is 0 Å². The van der Waals surface area contributed by atoms with E-state index < -0.39 is 0 Å². The zero-order valence-electron chi connectivity index (χ0n) is 12.6. The number of hydrogen-bond acceptors (Lipinski definition) is 3. The lowest BCUT2D eigenvalue weighted by molar-refractivity contribution is 0.0554. The van der Waals surface area contributed by atoms with E-state index in [2.05, 4.69) is 48.6 Å². The van der Waals surface area contributed by atoms with E-state index in [1.54, 1.807) is 5.56 Å². The fourth-order valence-corrected chi connectivity index (χ4v) is 3.06. The van der Waals surface area contributed by atoms with Crippen LogP contribution in [0.25, 0.3) is 0 Å². The molecule has 0 radical (unpaired) electrons. The van der Waals surface area contributed by atoms with E-state index in [0.29, 0.717) is 12.1 Å². The number of nitrogens with one attached hydrogen (secondary N) is 1. The molecule has 20 heavy (non-hydrogen) atoms. The summed E-state index contributed by atoms with van der Waals surface area (Å²) in [5, 5.41) is 3.65. The highest BCUT2D eigenvalue weighted by Crippen LogP contribution is 2.44. The lowest BCUT2D eigenvalue weighted by Crippen LogP contribution is -2.23. The Balaban J connectivity index is 1.57. The summed E-state index contributed by atoms with van der Waals surface area (Å²) in [6.07, 6.45) is 4.21. The molecule has 1 saturated heterocycles. The number of hydrogen-bond donors (Lipinski definition) is 1. The van der Waals surface area contributed by atoms with Gasteiger partial charge >= 0.3 is 0 Å². The van der Waals surface area contributed by atoms with Crippen LogP contribution in [0.1, 0.15) is 42.3 Å². The molecule has 1 aromatic carbocycles. The zero-order valence-corrected chi connectivity index (χ0v) is 12.6. The second-order valence-corrected chi connectivity index (χ2v) is 6.40. The van der Waals surface area contributed by atoms with Crippen LogP contribution < -0.4 is 5.32 Å². The molecule has 0 spiro atoms. The van der Waals surface area contributed by atoms with Crippen LogP contribution in [-0.4, -0.2) is 44.8 Å². The summed E-state index contributed by atoms with van der Waals surface area (Å²) in [5.41, 5.74) is 3.08. The summed E-state index contributed by atoms with van der Waals surface area (Å²) < 4.78 is 5.98. The number of benzene rings is 1. The highest BCUT2D eigenvalue weighted by atomic mass is 16.5. The second kappa shape index (κ2) is 6.25. The summed E-state index contributed by atoms with van der Waals surface area (Å²) in [6.45, 7) is 2.81. The quantitative estimate of drug-likeness (QED) is 0.863. The maximum absolute atomic E-state index is 5.98. The minimum absolute atomic E-state index is 0.368. The van der Waals surface area contributed by atoms with Crippen molar-refractivity contribution in [3.8, 4) is 0 Å². The van der Waals surface area contributed by atoms with E-state index in [-0.39, 0.29) is 0 Å². The molecule has 3 heteroatoms. The molecule has 1 aromatic rings. The number of likely N-dealkylation sites (N-methyl/N-ethyl adjacent to an activating group) is 1. The lowest BCUT2D eigenvalue weighted by Gasteiger charge is -2.16. The Hall–Kier alpha value is -0.900. The molecule has 2 fully saturated rings. The van der Waals surface area contributed by atoms with Crippen molar-refractivity contribution in [3.05, 3.63) is 35.4 Å². The van der Waals surface area contributed by atoms with Gasteiger partial charge in [0.2, 0.25) is 0 Å². The average molecular weight is 274 g/mol. The lowest BCUT2D eigenvalue weighted by atomic mass is 9.96. The Bertz CT molecular complexity index is 442. The third-order valence-electron chi connectivity index (χ3n) is 4.37. The first-order valence-electron chi connectivity index (χ1n) is 7.82. The highest BCUT2D eigenvalue weighted by Gasteiger charge is 2.31. The molecule has 1 aliphatic carbocycles. The summed E-state index contributed by atoms with van der Waals surface area (Å²) in [5.74, 6) is 0.821. The predicted molar refractivity (Wildman–Crippen MR) is 82.1 cm³/mol. The summed E-state index contributed by atoms with van der Waals surface area (Å²) >= 11 is 0. The van der Waals surface area contributed by atoms with Crippen molar-refractivity contribution in [2.24, 2.45) is 0 Å². The van der Waals surface area contributed by atoms with Crippen molar-refractivity contribution in [2.75, 3.05) is 33.8 Å². The third-order valence-corrected chi connectivity index (χ3v) is 4.37. The van der Waals surface area contributed by atoms with Gasteiger partial charge in [-0.05, 0) is 50.4 Å². The van der Waals surface area contributed by atoms with Crippen LogP contribution in [0.15, 0.2) is 24.3 Å². The van der Waals surface area contributed by atoms with Crippen molar-refractivity contribution >= 4 is 0 Å². The van der Waals surface area contributed by atoms with Crippen LogP contribution in [0.4, 0.5) is 0 Å². The summed E-state index contributed by atoms with van der Waals surface area (Å²) in [6, 6.07) is 9.44. The molecule has 0 aromatic heterocycles. The van der Waals surface area contributed by atoms with Gasteiger partial charge in [0.1, 0.15) is 0 Å². The standard InChI is InChI=1S/C17H26N2O/c1-19(2)9-10-20-14-11-17(18-12-14)16-6-4-3-5-15(16)13-7-8-13/h3-6,13-14,17-18H,7-12H2,1-2H3. The predicted octanol–water partition coefficient (Wildman–Crippen LogP) is 2.55. The van der Waals surface area contributed by atoms with E-state index in [0.717, 1.165) is 32.0 Å². The maximum atomic E-state index is 5.98. The largest absolute Gasteiger partial charge is 0.375 e. The van der Waals surface area contributed by atoms with Gasteiger partial charge in [-0.2, -0.15) is 0 Å². The van der Waals surface area contributed by atoms with Gasteiger partial charge in [0, 0.05) is 19.1 Å². The van der Waals surface area contributed by atoms with Crippen molar-refractivity contribution < 1.29 is 4.74 Å². The molecule has 2 unspecified atom stereocenters. The molecular formula is C17H26N2O. The fraction of sp³-hybridized carbons (Fsp3) is 0.647. The van der Waals surface area contributed by atoms with Gasteiger partial charge < -0.3 is 15.0 Å². The van der Waals surface area contributed by atoms with Gasteiger partial charge in [-0.25, -0.2) is 0 Å². The minimum atomic E-state index is 0.368. The van der Waals surface area contributed by atoms with E-state index in [1.165, 1.54) is 18.4 Å². The molecular weight excluding hydrogens is 248 g/mol. The summed E-state index contributed by atoms with van der Waals surface area (Å²) in [4.78, 5) is 2.17. The van der Waals surface area contributed by atoms with Crippen molar-refractivity contribution in [3.63, 3.8) is 0 Å². The first kappa shape index (κ1) is 14.1. The molecule has 0 bridgehead atoms. The molecule has 2 aliphatic rings. The maximum Gasteiger partial charge on any atom is 0.0718 e. The fourth-order valence-electron chi connectivity index (χ4n) is 3.06.